The first kappa shape index (κ1) is 12.2. The third-order valence-electron chi connectivity index (χ3n) is 3.38. The molecule has 2 heterocycles. The molecule has 1 amide bonds. The van der Waals surface area contributed by atoms with Crippen molar-refractivity contribution in [2.24, 2.45) is 0 Å². The molecule has 0 unspecified atom stereocenters. The number of hydrogen-bond acceptors (Lipinski definition) is 4. The number of anilines is 1. The quantitative estimate of drug-likeness (QED) is 0.900. The zero-order valence-electron chi connectivity index (χ0n) is 10.5. The zero-order chi connectivity index (χ0) is 13.2. The molecule has 4 nitrogen and oxygen atoms in total. The first-order chi connectivity index (χ1) is 9.25. The lowest BCUT2D eigenvalue weighted by Crippen LogP contribution is -2.24. The molecule has 0 fully saturated rings. The van der Waals surface area contributed by atoms with Crippen molar-refractivity contribution in [3.63, 3.8) is 0 Å². The number of amides is 1. The van der Waals surface area contributed by atoms with Gasteiger partial charge in [-0.15, -0.1) is 11.3 Å². The van der Waals surface area contributed by atoms with Crippen molar-refractivity contribution in [1.82, 2.24) is 10.3 Å². The lowest BCUT2D eigenvalue weighted by molar-refractivity contribution is 0.0951. The van der Waals surface area contributed by atoms with Gasteiger partial charge in [-0.2, -0.15) is 0 Å². The molecule has 1 aliphatic carbocycles. The topological polar surface area (TPSA) is 68.0 Å². The molecule has 5 heteroatoms. The van der Waals surface area contributed by atoms with Crippen LogP contribution in [0.3, 0.4) is 0 Å². The van der Waals surface area contributed by atoms with Crippen LogP contribution in [0, 0.1) is 0 Å². The second kappa shape index (κ2) is 5.01. The minimum Gasteiger partial charge on any atom is -0.390 e. The first-order valence-electron chi connectivity index (χ1n) is 6.33. The summed E-state index contributed by atoms with van der Waals surface area (Å²) < 4.78 is 0. The molecule has 98 valence electrons. The average Bonchev–Trinajstić information content (AvgIpc) is 2.97. The van der Waals surface area contributed by atoms with Crippen molar-refractivity contribution < 1.29 is 4.79 Å². The molecule has 0 radical (unpaired) electrons. The van der Waals surface area contributed by atoms with Gasteiger partial charge in [0.1, 0.15) is 0 Å². The second-order valence-corrected chi connectivity index (χ2v) is 5.77. The highest BCUT2D eigenvalue weighted by Gasteiger charge is 2.24. The normalized spacial score (nSPS) is 13.3. The minimum absolute atomic E-state index is 0.0614. The molecule has 3 rings (SSSR count). The molecule has 0 bridgehead atoms. The van der Waals surface area contributed by atoms with Crippen LogP contribution in [0.1, 0.15) is 32.8 Å². The monoisotopic (exact) mass is 273 g/mol. The van der Waals surface area contributed by atoms with Crippen LogP contribution in [0.2, 0.25) is 0 Å². The van der Waals surface area contributed by atoms with Crippen molar-refractivity contribution in [2.45, 2.75) is 25.8 Å². The second-order valence-electron chi connectivity index (χ2n) is 4.63. The summed E-state index contributed by atoms with van der Waals surface area (Å²) in [5.41, 5.74) is 8.87. The fourth-order valence-corrected chi connectivity index (χ4v) is 3.60. The third kappa shape index (κ3) is 2.33. The summed E-state index contributed by atoms with van der Waals surface area (Å²) >= 11 is 1.56. The van der Waals surface area contributed by atoms with E-state index < -0.39 is 0 Å². The van der Waals surface area contributed by atoms with Crippen molar-refractivity contribution in [3.05, 3.63) is 46.1 Å². The van der Waals surface area contributed by atoms with Crippen molar-refractivity contribution in [3.8, 4) is 0 Å². The number of thiophene rings is 1. The van der Waals surface area contributed by atoms with Crippen molar-refractivity contribution in [1.29, 1.82) is 0 Å². The average molecular weight is 273 g/mol. The highest BCUT2D eigenvalue weighted by molar-refractivity contribution is 7.16. The summed E-state index contributed by atoms with van der Waals surface area (Å²) in [6.07, 6.45) is 6.60. The number of pyridine rings is 1. The molecule has 3 N–H and O–H groups in total. The molecule has 19 heavy (non-hydrogen) atoms. The lowest BCUT2D eigenvalue weighted by atomic mass is 10.1. The van der Waals surface area contributed by atoms with Gasteiger partial charge in [-0.1, -0.05) is 0 Å². The number of nitrogens with two attached hydrogens (primary N) is 1. The van der Waals surface area contributed by atoms with Gasteiger partial charge in [0.05, 0.1) is 10.6 Å². The predicted octanol–water partition coefficient (Wildman–Crippen LogP) is 2.14. The summed E-state index contributed by atoms with van der Waals surface area (Å²) in [5, 5.41) is 3.58. The van der Waals surface area contributed by atoms with Crippen molar-refractivity contribution >= 4 is 22.2 Å². The molecule has 0 aliphatic heterocycles. The lowest BCUT2D eigenvalue weighted by Gasteiger charge is -2.06. The molecule has 0 saturated carbocycles. The van der Waals surface area contributed by atoms with Crippen LogP contribution in [0.15, 0.2) is 24.5 Å². The molecule has 0 saturated heterocycles. The van der Waals surface area contributed by atoms with E-state index in [0.29, 0.717) is 17.1 Å². The Hall–Kier alpha value is -1.88. The Morgan fingerprint density at radius 3 is 2.95 bits per heavy atom. The van der Waals surface area contributed by atoms with Crippen LogP contribution in [-0.2, 0) is 19.4 Å². The Morgan fingerprint density at radius 1 is 1.37 bits per heavy atom. The van der Waals surface area contributed by atoms with Gasteiger partial charge in [0.2, 0.25) is 0 Å². The van der Waals surface area contributed by atoms with Crippen LogP contribution < -0.4 is 11.1 Å². The van der Waals surface area contributed by atoms with Crippen LogP contribution in [-0.4, -0.2) is 10.9 Å². The maximum absolute atomic E-state index is 12.3. The first-order valence-corrected chi connectivity index (χ1v) is 7.14. The summed E-state index contributed by atoms with van der Waals surface area (Å²) in [6, 6.07) is 3.78. The van der Waals surface area contributed by atoms with E-state index in [4.69, 9.17) is 5.73 Å². The summed E-state index contributed by atoms with van der Waals surface area (Å²) in [6.45, 7) is 0.505. The maximum Gasteiger partial charge on any atom is 0.254 e. The third-order valence-corrected chi connectivity index (χ3v) is 4.50. The molecular formula is C14H15N3OS. The Morgan fingerprint density at radius 2 is 2.16 bits per heavy atom. The summed E-state index contributed by atoms with van der Waals surface area (Å²) in [7, 11) is 0. The fourth-order valence-electron chi connectivity index (χ4n) is 2.45. The minimum atomic E-state index is -0.0614. The van der Waals surface area contributed by atoms with E-state index in [9.17, 15) is 4.79 Å². The van der Waals surface area contributed by atoms with Gasteiger partial charge >= 0.3 is 0 Å². The van der Waals surface area contributed by atoms with Gasteiger partial charge in [0, 0.05) is 23.8 Å². The van der Waals surface area contributed by atoms with Crippen LogP contribution in [0.5, 0.6) is 0 Å². The number of fused-ring (bicyclic) bond motifs is 1. The molecule has 0 atom stereocenters. The number of rotatable bonds is 3. The molecule has 0 aromatic carbocycles. The van der Waals surface area contributed by atoms with Gasteiger partial charge in [0.15, 0.2) is 0 Å². The van der Waals surface area contributed by atoms with Gasteiger partial charge in [-0.05, 0) is 42.5 Å². The largest absolute Gasteiger partial charge is 0.390 e. The van der Waals surface area contributed by atoms with E-state index in [0.717, 1.165) is 30.4 Å². The number of nitrogens with zero attached hydrogens (tertiary/aromatic N) is 1. The highest BCUT2D eigenvalue weighted by atomic mass is 32.1. The number of aromatic nitrogens is 1. The Kier molecular flexibility index (Phi) is 3.21. The van der Waals surface area contributed by atoms with Crippen LogP contribution in [0.4, 0.5) is 5.00 Å². The number of nitrogen functional groups attached to an aromatic ring is 1. The standard InChI is InChI=1S/C14H15N3OS/c15-13-12(10-2-1-3-11(10)19-13)14(18)17-8-9-4-6-16-7-5-9/h4-7H,1-3,8,15H2,(H,17,18). The van der Waals surface area contributed by atoms with E-state index >= 15 is 0 Å². The van der Waals surface area contributed by atoms with Crippen LogP contribution >= 0.6 is 11.3 Å². The van der Waals surface area contributed by atoms with E-state index in [1.165, 1.54) is 4.88 Å². The predicted molar refractivity (Wildman–Crippen MR) is 76.2 cm³/mol. The van der Waals surface area contributed by atoms with Crippen LogP contribution in [0.25, 0.3) is 0 Å². The van der Waals surface area contributed by atoms with Gasteiger partial charge < -0.3 is 11.1 Å². The Bertz CT molecular complexity index is 607. The van der Waals surface area contributed by atoms with Gasteiger partial charge in [0.25, 0.3) is 5.91 Å². The zero-order valence-corrected chi connectivity index (χ0v) is 11.3. The number of hydrogen-bond donors (Lipinski definition) is 2. The van der Waals surface area contributed by atoms with Crippen molar-refractivity contribution in [2.75, 3.05) is 5.73 Å². The van der Waals surface area contributed by atoms with Gasteiger partial charge in [-0.25, -0.2) is 0 Å². The molecule has 2 aromatic rings. The fraction of sp³-hybridized carbons (Fsp3) is 0.286. The summed E-state index contributed by atoms with van der Waals surface area (Å²) in [4.78, 5) is 17.5. The van der Waals surface area contributed by atoms with E-state index in [1.807, 2.05) is 12.1 Å². The van der Waals surface area contributed by atoms with E-state index in [-0.39, 0.29) is 5.91 Å². The molecule has 1 aliphatic rings. The number of aryl methyl sites for hydroxylation is 1. The summed E-state index contributed by atoms with van der Waals surface area (Å²) in [5.74, 6) is -0.0614. The highest BCUT2D eigenvalue weighted by Crippen LogP contribution is 2.37. The van der Waals surface area contributed by atoms with E-state index in [2.05, 4.69) is 10.3 Å². The molecule has 0 spiro atoms. The van der Waals surface area contributed by atoms with E-state index in [1.54, 1.807) is 23.7 Å². The maximum atomic E-state index is 12.3. The SMILES string of the molecule is Nc1sc2c(c1C(=O)NCc1ccncc1)CCC2. The number of nitrogens with one attached hydrogen (secondary N) is 1. The Balaban J connectivity index is 1.74. The molecule has 2 aromatic heterocycles. The smallest absolute Gasteiger partial charge is 0.254 e. The molecular weight excluding hydrogens is 258 g/mol. The Labute approximate surface area is 115 Å². The van der Waals surface area contributed by atoms with Gasteiger partial charge in [-0.3, -0.25) is 9.78 Å². The number of carbonyl (C=O) groups excluding carboxylic acids is 1. The number of carbonyl (C=O) groups is 1.